The Hall–Kier alpha value is -7.24. The highest BCUT2D eigenvalue weighted by molar-refractivity contribution is 6.25. The molecule has 0 radical (unpaired) electrons. The molecule has 0 atom stereocenters. The summed E-state index contributed by atoms with van der Waals surface area (Å²) in [5, 5.41) is 12.0. The van der Waals surface area contributed by atoms with Crippen LogP contribution in [0.3, 0.4) is 0 Å². The molecule has 5 heteroatoms. The first-order valence-electron chi connectivity index (χ1n) is 17.8. The molecule has 0 aliphatic carbocycles. The predicted octanol–water partition coefficient (Wildman–Crippen LogP) is 12.0. The molecular formula is C48H29N5. The van der Waals surface area contributed by atoms with Gasteiger partial charge in [-0.3, -0.25) is 4.57 Å². The van der Waals surface area contributed by atoms with Gasteiger partial charge in [0, 0.05) is 16.8 Å². The minimum absolute atomic E-state index is 0.507. The van der Waals surface area contributed by atoms with Crippen LogP contribution in [0, 0.1) is 0 Å². The molecule has 0 aliphatic heterocycles. The normalized spacial score (nSPS) is 11.8. The second-order valence-electron chi connectivity index (χ2n) is 13.5. The lowest BCUT2D eigenvalue weighted by Crippen LogP contribution is -2.05. The van der Waals surface area contributed by atoms with Crippen LogP contribution in [0.2, 0.25) is 0 Å². The lowest BCUT2D eigenvalue weighted by molar-refractivity contribution is 1.01. The minimum atomic E-state index is 0.507. The number of fused-ring (bicyclic) bond motifs is 10. The average Bonchev–Trinajstić information content (AvgIpc) is 3.63. The summed E-state index contributed by atoms with van der Waals surface area (Å²) in [5.74, 6) is 2.35. The smallest absolute Gasteiger partial charge is 0.200 e. The minimum Gasteiger partial charge on any atom is -0.290 e. The number of imidazole rings is 1. The van der Waals surface area contributed by atoms with Gasteiger partial charge in [-0.15, -0.1) is 0 Å². The van der Waals surface area contributed by atoms with Crippen molar-refractivity contribution in [2.24, 2.45) is 0 Å². The molecule has 11 rings (SSSR count). The number of nitrogens with zero attached hydrogens (tertiary/aromatic N) is 5. The summed E-state index contributed by atoms with van der Waals surface area (Å²) < 4.78 is 2.14. The Labute approximate surface area is 304 Å². The van der Waals surface area contributed by atoms with Crippen LogP contribution in [-0.4, -0.2) is 24.5 Å². The van der Waals surface area contributed by atoms with Crippen LogP contribution < -0.4 is 0 Å². The number of hydrogen-bond acceptors (Lipinski definition) is 4. The molecule has 0 spiro atoms. The second kappa shape index (κ2) is 11.7. The maximum absolute atomic E-state index is 5.23. The van der Waals surface area contributed by atoms with Crippen LogP contribution >= 0.6 is 0 Å². The zero-order valence-electron chi connectivity index (χ0n) is 28.5. The summed E-state index contributed by atoms with van der Waals surface area (Å²) in [6, 6.07) is 61.7. The van der Waals surface area contributed by atoms with Crippen molar-refractivity contribution in [3.8, 4) is 40.1 Å². The molecular weight excluding hydrogens is 647 g/mol. The maximum atomic E-state index is 5.23. The van der Waals surface area contributed by atoms with E-state index in [0.717, 1.165) is 38.6 Å². The highest BCUT2D eigenvalue weighted by Crippen LogP contribution is 2.38. The fraction of sp³-hybridized carbons (Fsp3) is 0. The fourth-order valence-electron chi connectivity index (χ4n) is 7.95. The molecule has 0 amide bonds. The van der Waals surface area contributed by atoms with Crippen molar-refractivity contribution in [3.63, 3.8) is 0 Å². The standard InChI is InChI=1S/C48H29N5/c1-2-13-34(14-3-1)53-44-21-11-10-20-43(44)49-48(53)47-51-45(32-24-26-36-31(28-32)23-22-30-12-4-5-15-35(30)36)50-46(52-47)33-25-27-41-39-18-7-6-16-37(39)38-17-8-9-19-40(38)42(41)29-33/h1-29H. The van der Waals surface area contributed by atoms with Crippen molar-refractivity contribution < 1.29 is 0 Å². The molecule has 2 aromatic heterocycles. The van der Waals surface area contributed by atoms with Gasteiger partial charge in [0.2, 0.25) is 0 Å². The Kier molecular flexibility index (Phi) is 6.48. The van der Waals surface area contributed by atoms with Crippen molar-refractivity contribution in [2.75, 3.05) is 0 Å². The third kappa shape index (κ3) is 4.71. The summed E-state index contributed by atoms with van der Waals surface area (Å²) in [5.41, 5.74) is 4.67. The van der Waals surface area contributed by atoms with E-state index in [1.165, 1.54) is 43.1 Å². The Bertz CT molecular complexity index is 3200. The molecule has 0 saturated carbocycles. The SMILES string of the molecule is c1ccc(-n2c(-c3nc(-c4ccc5c(ccc6ccccc65)c4)nc(-c4ccc5c6ccccc6c6ccccc6c5c4)n3)nc3ccccc32)cc1. The highest BCUT2D eigenvalue weighted by atomic mass is 15.1. The Morgan fingerprint density at radius 3 is 1.57 bits per heavy atom. The van der Waals surface area contributed by atoms with Gasteiger partial charge in [-0.1, -0.05) is 140 Å². The third-order valence-corrected chi connectivity index (χ3v) is 10.4. The third-order valence-electron chi connectivity index (χ3n) is 10.4. The number of hydrogen-bond donors (Lipinski definition) is 0. The highest BCUT2D eigenvalue weighted by Gasteiger charge is 2.21. The van der Waals surface area contributed by atoms with Gasteiger partial charge >= 0.3 is 0 Å². The lowest BCUT2D eigenvalue weighted by atomic mass is 9.93. The van der Waals surface area contributed by atoms with Gasteiger partial charge in [-0.05, 0) is 90.3 Å². The first-order valence-corrected chi connectivity index (χ1v) is 17.8. The molecule has 0 bridgehead atoms. The topological polar surface area (TPSA) is 56.5 Å². The van der Waals surface area contributed by atoms with Gasteiger partial charge in [0.25, 0.3) is 0 Å². The first kappa shape index (κ1) is 29.5. The molecule has 246 valence electrons. The van der Waals surface area contributed by atoms with Crippen molar-refractivity contribution in [1.82, 2.24) is 24.5 Å². The fourth-order valence-corrected chi connectivity index (χ4v) is 7.95. The first-order chi connectivity index (χ1) is 26.3. The largest absolute Gasteiger partial charge is 0.290 e. The van der Waals surface area contributed by atoms with Crippen LogP contribution in [0.4, 0.5) is 0 Å². The molecule has 0 fully saturated rings. The summed E-state index contributed by atoms with van der Waals surface area (Å²) in [7, 11) is 0. The average molecular weight is 676 g/mol. The van der Waals surface area contributed by atoms with E-state index in [9.17, 15) is 0 Å². The maximum Gasteiger partial charge on any atom is 0.200 e. The van der Waals surface area contributed by atoms with Gasteiger partial charge in [-0.25, -0.2) is 19.9 Å². The zero-order valence-corrected chi connectivity index (χ0v) is 28.5. The van der Waals surface area contributed by atoms with Gasteiger partial charge in [0.05, 0.1) is 11.0 Å². The lowest BCUT2D eigenvalue weighted by Gasteiger charge is -2.13. The summed E-state index contributed by atoms with van der Waals surface area (Å²) in [6.45, 7) is 0. The van der Waals surface area contributed by atoms with Crippen molar-refractivity contribution in [1.29, 1.82) is 0 Å². The number of para-hydroxylation sites is 3. The zero-order chi connectivity index (χ0) is 34.9. The van der Waals surface area contributed by atoms with E-state index >= 15 is 0 Å². The molecule has 0 N–H and O–H groups in total. The van der Waals surface area contributed by atoms with E-state index in [1.807, 2.05) is 36.4 Å². The van der Waals surface area contributed by atoms with Crippen molar-refractivity contribution in [2.45, 2.75) is 0 Å². The van der Waals surface area contributed by atoms with Crippen LogP contribution in [0.25, 0.3) is 105 Å². The van der Waals surface area contributed by atoms with Gasteiger partial charge in [0.15, 0.2) is 23.3 Å². The summed E-state index contributed by atoms with van der Waals surface area (Å²) >= 11 is 0. The van der Waals surface area contributed by atoms with E-state index in [0.29, 0.717) is 23.3 Å². The quantitative estimate of drug-likeness (QED) is 0.174. The molecule has 5 nitrogen and oxygen atoms in total. The van der Waals surface area contributed by atoms with Crippen LogP contribution in [0.5, 0.6) is 0 Å². The Morgan fingerprint density at radius 2 is 0.830 bits per heavy atom. The molecule has 0 saturated heterocycles. The monoisotopic (exact) mass is 675 g/mol. The molecule has 9 aromatic carbocycles. The van der Waals surface area contributed by atoms with Gasteiger partial charge < -0.3 is 0 Å². The molecule has 0 unspecified atom stereocenters. The van der Waals surface area contributed by atoms with E-state index in [2.05, 4.69) is 144 Å². The molecule has 53 heavy (non-hydrogen) atoms. The summed E-state index contributed by atoms with van der Waals surface area (Å²) in [6.07, 6.45) is 0. The number of rotatable bonds is 4. The van der Waals surface area contributed by atoms with E-state index in [-0.39, 0.29) is 0 Å². The molecule has 11 aromatic rings. The Morgan fingerprint density at radius 1 is 0.321 bits per heavy atom. The van der Waals surface area contributed by atoms with Crippen molar-refractivity contribution >= 4 is 64.9 Å². The Balaban J connectivity index is 1.18. The number of benzene rings is 9. The van der Waals surface area contributed by atoms with E-state index in [4.69, 9.17) is 19.9 Å². The molecule has 2 heterocycles. The van der Waals surface area contributed by atoms with E-state index < -0.39 is 0 Å². The number of aromatic nitrogens is 5. The van der Waals surface area contributed by atoms with Crippen LogP contribution in [0.15, 0.2) is 176 Å². The van der Waals surface area contributed by atoms with Crippen LogP contribution in [-0.2, 0) is 0 Å². The summed E-state index contributed by atoms with van der Waals surface area (Å²) in [4.78, 5) is 20.8. The van der Waals surface area contributed by atoms with Gasteiger partial charge in [-0.2, -0.15) is 0 Å². The van der Waals surface area contributed by atoms with Gasteiger partial charge in [0.1, 0.15) is 0 Å². The second-order valence-corrected chi connectivity index (χ2v) is 13.5. The predicted molar refractivity (Wildman–Crippen MR) is 218 cm³/mol. The molecule has 0 aliphatic rings. The van der Waals surface area contributed by atoms with Crippen molar-refractivity contribution in [3.05, 3.63) is 176 Å². The van der Waals surface area contributed by atoms with Crippen LogP contribution in [0.1, 0.15) is 0 Å². The van der Waals surface area contributed by atoms with E-state index in [1.54, 1.807) is 0 Å².